The maximum Gasteiger partial charge on any atom is 0.128 e. The third-order valence-corrected chi connectivity index (χ3v) is 3.21. The van der Waals surface area contributed by atoms with Gasteiger partial charge in [0.1, 0.15) is 5.82 Å². The Labute approximate surface area is 95.2 Å². The molecule has 1 aromatic heterocycles. The fourth-order valence-electron chi connectivity index (χ4n) is 1.95. The zero-order valence-electron chi connectivity index (χ0n) is 8.69. The van der Waals surface area contributed by atoms with Gasteiger partial charge in [-0.1, -0.05) is 11.6 Å². The molecule has 0 atom stereocenters. The molecular formula is C11H16ClN3. The number of piperidine rings is 1. The molecule has 0 saturated carbocycles. The summed E-state index contributed by atoms with van der Waals surface area (Å²) < 4.78 is 0. The molecule has 0 spiro atoms. The molecule has 1 fully saturated rings. The number of nitrogens with two attached hydrogens (primary N) is 1. The van der Waals surface area contributed by atoms with E-state index in [1.807, 2.05) is 12.1 Å². The minimum Gasteiger partial charge on any atom is -0.357 e. The lowest BCUT2D eigenvalue weighted by Crippen LogP contribution is -2.36. The van der Waals surface area contributed by atoms with Crippen molar-refractivity contribution in [2.24, 2.45) is 11.7 Å². The van der Waals surface area contributed by atoms with Gasteiger partial charge in [0.05, 0.1) is 5.02 Å². The van der Waals surface area contributed by atoms with Gasteiger partial charge in [0.15, 0.2) is 0 Å². The third-order valence-electron chi connectivity index (χ3n) is 2.98. The molecule has 0 unspecified atom stereocenters. The molecule has 2 rings (SSSR count). The molecule has 82 valence electrons. The number of pyridine rings is 1. The summed E-state index contributed by atoms with van der Waals surface area (Å²) in [5.74, 6) is 1.71. The van der Waals surface area contributed by atoms with Crippen LogP contribution in [0.15, 0.2) is 18.3 Å². The number of nitrogens with zero attached hydrogens (tertiary/aromatic N) is 2. The summed E-state index contributed by atoms with van der Waals surface area (Å²) in [5, 5.41) is 0.690. The lowest BCUT2D eigenvalue weighted by atomic mass is 9.97. The van der Waals surface area contributed by atoms with Crippen molar-refractivity contribution >= 4 is 17.4 Å². The highest BCUT2D eigenvalue weighted by Gasteiger charge is 2.18. The molecular weight excluding hydrogens is 210 g/mol. The number of anilines is 1. The van der Waals surface area contributed by atoms with E-state index in [1.54, 1.807) is 6.20 Å². The summed E-state index contributed by atoms with van der Waals surface area (Å²) in [6.45, 7) is 2.91. The average molecular weight is 226 g/mol. The minimum atomic E-state index is 0.688. The van der Waals surface area contributed by atoms with E-state index in [4.69, 9.17) is 17.3 Å². The number of rotatable bonds is 2. The molecule has 0 aromatic carbocycles. The highest BCUT2D eigenvalue weighted by molar-refractivity contribution is 6.30. The Morgan fingerprint density at radius 3 is 2.67 bits per heavy atom. The van der Waals surface area contributed by atoms with Crippen LogP contribution < -0.4 is 10.6 Å². The molecule has 0 aliphatic carbocycles. The highest BCUT2D eigenvalue weighted by atomic mass is 35.5. The SMILES string of the molecule is NCC1CCN(c2ccc(Cl)cn2)CC1. The van der Waals surface area contributed by atoms with E-state index in [2.05, 4.69) is 9.88 Å². The van der Waals surface area contributed by atoms with Crippen molar-refractivity contribution in [3.8, 4) is 0 Å². The Bertz CT molecular complexity index is 304. The fraction of sp³-hybridized carbons (Fsp3) is 0.545. The van der Waals surface area contributed by atoms with E-state index in [1.165, 1.54) is 12.8 Å². The van der Waals surface area contributed by atoms with Gasteiger partial charge < -0.3 is 10.6 Å². The molecule has 2 N–H and O–H groups in total. The van der Waals surface area contributed by atoms with E-state index in [9.17, 15) is 0 Å². The standard InChI is InChI=1S/C11H16ClN3/c12-10-1-2-11(14-8-10)15-5-3-9(7-13)4-6-15/h1-2,8-9H,3-7,13H2. The Hall–Kier alpha value is -0.800. The maximum atomic E-state index is 5.80. The Morgan fingerprint density at radius 2 is 2.13 bits per heavy atom. The van der Waals surface area contributed by atoms with E-state index < -0.39 is 0 Å². The summed E-state index contributed by atoms with van der Waals surface area (Å²) in [7, 11) is 0. The second-order valence-corrected chi connectivity index (χ2v) is 4.44. The zero-order chi connectivity index (χ0) is 10.7. The highest BCUT2D eigenvalue weighted by Crippen LogP contribution is 2.21. The van der Waals surface area contributed by atoms with Crippen LogP contribution in [0.5, 0.6) is 0 Å². The lowest BCUT2D eigenvalue weighted by Gasteiger charge is -2.32. The van der Waals surface area contributed by atoms with Crippen molar-refractivity contribution in [3.05, 3.63) is 23.4 Å². The van der Waals surface area contributed by atoms with Crippen LogP contribution in [0.4, 0.5) is 5.82 Å². The van der Waals surface area contributed by atoms with Crippen LogP contribution in [0.3, 0.4) is 0 Å². The molecule has 1 aliphatic rings. The van der Waals surface area contributed by atoms with E-state index in [0.29, 0.717) is 10.9 Å². The molecule has 0 bridgehead atoms. The van der Waals surface area contributed by atoms with Gasteiger partial charge in [0, 0.05) is 19.3 Å². The van der Waals surface area contributed by atoms with Crippen LogP contribution in [0.25, 0.3) is 0 Å². The Kier molecular flexibility index (Phi) is 3.44. The molecule has 0 amide bonds. The van der Waals surface area contributed by atoms with Crippen molar-refractivity contribution in [1.29, 1.82) is 0 Å². The summed E-state index contributed by atoms with van der Waals surface area (Å²) >= 11 is 5.80. The fourth-order valence-corrected chi connectivity index (χ4v) is 2.06. The Morgan fingerprint density at radius 1 is 1.40 bits per heavy atom. The molecule has 1 aromatic rings. The van der Waals surface area contributed by atoms with Crippen LogP contribution in [0.1, 0.15) is 12.8 Å². The van der Waals surface area contributed by atoms with Gasteiger partial charge in [0.2, 0.25) is 0 Å². The van der Waals surface area contributed by atoms with Crippen LogP contribution in [0.2, 0.25) is 5.02 Å². The van der Waals surface area contributed by atoms with Crippen LogP contribution in [-0.2, 0) is 0 Å². The maximum absolute atomic E-state index is 5.80. The van der Waals surface area contributed by atoms with Crippen molar-refractivity contribution in [2.45, 2.75) is 12.8 Å². The van der Waals surface area contributed by atoms with Crippen molar-refractivity contribution in [3.63, 3.8) is 0 Å². The summed E-state index contributed by atoms with van der Waals surface area (Å²) in [5.41, 5.74) is 5.66. The Balaban J connectivity index is 1.98. The van der Waals surface area contributed by atoms with E-state index in [-0.39, 0.29) is 0 Å². The monoisotopic (exact) mass is 225 g/mol. The topological polar surface area (TPSA) is 42.1 Å². The largest absolute Gasteiger partial charge is 0.357 e. The summed E-state index contributed by atoms with van der Waals surface area (Å²) in [4.78, 5) is 6.61. The van der Waals surface area contributed by atoms with Gasteiger partial charge in [-0.25, -0.2) is 4.98 Å². The van der Waals surface area contributed by atoms with Gasteiger partial charge in [-0.3, -0.25) is 0 Å². The zero-order valence-corrected chi connectivity index (χ0v) is 9.45. The van der Waals surface area contributed by atoms with Crippen molar-refractivity contribution < 1.29 is 0 Å². The number of halogens is 1. The van der Waals surface area contributed by atoms with Crippen molar-refractivity contribution in [1.82, 2.24) is 4.98 Å². The molecule has 1 saturated heterocycles. The molecule has 2 heterocycles. The van der Waals surface area contributed by atoms with Crippen molar-refractivity contribution in [2.75, 3.05) is 24.5 Å². The van der Waals surface area contributed by atoms with Crippen LogP contribution in [0, 0.1) is 5.92 Å². The van der Waals surface area contributed by atoms with Gasteiger partial charge in [0.25, 0.3) is 0 Å². The van der Waals surface area contributed by atoms with E-state index in [0.717, 1.165) is 25.5 Å². The predicted molar refractivity (Wildman–Crippen MR) is 63.2 cm³/mol. The van der Waals surface area contributed by atoms with Crippen LogP contribution in [-0.4, -0.2) is 24.6 Å². The first-order valence-electron chi connectivity index (χ1n) is 5.36. The number of aromatic nitrogens is 1. The normalized spacial score (nSPS) is 18.1. The van der Waals surface area contributed by atoms with Gasteiger partial charge in [-0.05, 0) is 37.4 Å². The average Bonchev–Trinajstić information content (AvgIpc) is 2.30. The third kappa shape index (κ3) is 2.61. The minimum absolute atomic E-state index is 0.688. The molecule has 4 heteroatoms. The quantitative estimate of drug-likeness (QED) is 0.836. The molecule has 0 radical (unpaired) electrons. The van der Waals surface area contributed by atoms with Gasteiger partial charge in [-0.15, -0.1) is 0 Å². The van der Waals surface area contributed by atoms with E-state index >= 15 is 0 Å². The summed E-state index contributed by atoms with van der Waals surface area (Å²) in [6, 6.07) is 3.87. The number of hydrogen-bond acceptors (Lipinski definition) is 3. The number of hydrogen-bond donors (Lipinski definition) is 1. The summed E-state index contributed by atoms with van der Waals surface area (Å²) in [6.07, 6.45) is 4.04. The smallest absolute Gasteiger partial charge is 0.128 e. The predicted octanol–water partition coefficient (Wildman–Crippen LogP) is 1.91. The lowest BCUT2D eigenvalue weighted by molar-refractivity contribution is 0.413. The van der Waals surface area contributed by atoms with Gasteiger partial charge in [-0.2, -0.15) is 0 Å². The first-order valence-corrected chi connectivity index (χ1v) is 5.74. The first-order chi connectivity index (χ1) is 7.29. The van der Waals surface area contributed by atoms with Gasteiger partial charge >= 0.3 is 0 Å². The second-order valence-electron chi connectivity index (χ2n) is 4.00. The first kappa shape index (κ1) is 10.7. The molecule has 3 nitrogen and oxygen atoms in total. The second kappa shape index (κ2) is 4.81. The molecule has 15 heavy (non-hydrogen) atoms. The molecule has 1 aliphatic heterocycles. The van der Waals surface area contributed by atoms with Crippen LogP contribution >= 0.6 is 11.6 Å².